The number of rotatable bonds is 5. The summed E-state index contributed by atoms with van der Waals surface area (Å²) in [5.74, 6) is 1.17. The number of imidazole rings is 2. The molecule has 3 aliphatic rings. The Morgan fingerprint density at radius 1 is 0.689 bits per heavy atom. The van der Waals surface area contributed by atoms with Crippen LogP contribution in [0.15, 0.2) is 48.5 Å². The minimum absolute atomic E-state index is 0.00434. The van der Waals surface area contributed by atoms with Crippen LogP contribution in [0.4, 0.5) is 14.5 Å². The van der Waals surface area contributed by atoms with Crippen molar-refractivity contribution in [2.24, 2.45) is 0 Å². The summed E-state index contributed by atoms with van der Waals surface area (Å²) >= 11 is 0. The molecule has 0 saturated carbocycles. The third kappa shape index (κ3) is 5.10. The number of anilines is 1. The summed E-state index contributed by atoms with van der Waals surface area (Å²) in [6, 6.07) is 15.3. The number of hydrogen-bond acceptors (Lipinski definition) is 5. The zero-order chi connectivity index (χ0) is 30.9. The van der Waals surface area contributed by atoms with E-state index in [0.717, 1.165) is 67.1 Å². The Morgan fingerprint density at radius 2 is 1.18 bits per heavy atom. The zero-order valence-corrected chi connectivity index (χ0v) is 26.2. The summed E-state index contributed by atoms with van der Waals surface area (Å²) in [5.41, 5.74) is 6.33. The third-order valence-electron chi connectivity index (χ3n) is 10.2. The van der Waals surface area contributed by atoms with E-state index in [1.165, 1.54) is 5.56 Å². The Bertz CT molecular complexity index is 1750. The lowest BCUT2D eigenvalue weighted by molar-refractivity contribution is 0.563. The van der Waals surface area contributed by atoms with Gasteiger partial charge in [0.2, 0.25) is 0 Å². The highest BCUT2D eigenvalue weighted by atomic mass is 19.1. The number of hydrogen-bond donors (Lipinski definition) is 4. The summed E-state index contributed by atoms with van der Waals surface area (Å²) in [7, 11) is 0. The molecule has 1 unspecified atom stereocenters. The van der Waals surface area contributed by atoms with Crippen molar-refractivity contribution in [3.05, 3.63) is 88.5 Å². The number of aromatic amines is 2. The maximum Gasteiger partial charge on any atom is 0.130 e. The van der Waals surface area contributed by atoms with Gasteiger partial charge in [-0.15, -0.1) is 0 Å². The van der Waals surface area contributed by atoms with Crippen LogP contribution in [0, 0.1) is 11.6 Å². The number of H-pyrrole nitrogens is 2. The SMILES string of the molecule is CC(C)(C)c1ccc(N2C(c3cc4[nH]c([C@@H]5CCCN5)nc4cc3F)CC[C@@H]2c2cc3[nH]c([C@@H]4CCCN4)nc3cc2F)cc1. The van der Waals surface area contributed by atoms with Crippen molar-refractivity contribution in [1.82, 2.24) is 30.6 Å². The first-order chi connectivity index (χ1) is 21.7. The van der Waals surface area contributed by atoms with Gasteiger partial charge in [0.25, 0.3) is 0 Å². The Balaban J connectivity index is 1.21. The quantitative estimate of drug-likeness (QED) is 0.163. The Hall–Kier alpha value is -3.82. The number of nitrogens with zero attached hydrogens (tertiary/aromatic N) is 3. The van der Waals surface area contributed by atoms with Crippen molar-refractivity contribution in [3.63, 3.8) is 0 Å². The van der Waals surface area contributed by atoms with Crippen LogP contribution in [0.3, 0.4) is 0 Å². The highest BCUT2D eigenvalue weighted by Gasteiger charge is 2.39. The normalized spacial score (nSPS) is 24.1. The molecule has 5 aromatic rings. The topological polar surface area (TPSA) is 84.7 Å². The fourth-order valence-electron chi connectivity index (χ4n) is 7.73. The molecular formula is C36H41F2N7. The fraction of sp³-hybridized carbons (Fsp3) is 0.444. The van der Waals surface area contributed by atoms with E-state index in [9.17, 15) is 0 Å². The lowest BCUT2D eigenvalue weighted by atomic mass is 9.87. The van der Waals surface area contributed by atoms with Crippen molar-refractivity contribution >= 4 is 27.8 Å². The Labute approximate surface area is 262 Å². The molecule has 0 amide bonds. The van der Waals surface area contributed by atoms with Gasteiger partial charge >= 0.3 is 0 Å². The first-order valence-electron chi connectivity index (χ1n) is 16.5. The molecule has 5 heterocycles. The first kappa shape index (κ1) is 28.6. The summed E-state index contributed by atoms with van der Waals surface area (Å²) in [5, 5.41) is 6.96. The minimum Gasteiger partial charge on any atom is -0.357 e. The molecule has 0 radical (unpaired) electrons. The Kier molecular flexibility index (Phi) is 6.95. The van der Waals surface area contributed by atoms with Crippen LogP contribution < -0.4 is 15.5 Å². The van der Waals surface area contributed by atoms with Crippen molar-refractivity contribution in [3.8, 4) is 0 Å². The maximum absolute atomic E-state index is 16.0. The molecule has 234 valence electrons. The van der Waals surface area contributed by atoms with Gasteiger partial charge in [-0.2, -0.15) is 0 Å². The van der Waals surface area contributed by atoms with Gasteiger partial charge in [-0.25, -0.2) is 18.7 Å². The molecule has 3 aliphatic heterocycles. The van der Waals surface area contributed by atoms with Crippen LogP contribution in [0.1, 0.15) is 112 Å². The highest BCUT2D eigenvalue weighted by Crippen LogP contribution is 2.49. The van der Waals surface area contributed by atoms with Gasteiger partial charge in [-0.3, -0.25) is 0 Å². The van der Waals surface area contributed by atoms with Crippen molar-refractivity contribution in [1.29, 1.82) is 0 Å². The van der Waals surface area contributed by atoms with E-state index < -0.39 is 0 Å². The zero-order valence-electron chi connectivity index (χ0n) is 26.2. The largest absolute Gasteiger partial charge is 0.357 e. The summed E-state index contributed by atoms with van der Waals surface area (Å²) in [6.07, 6.45) is 5.63. The van der Waals surface area contributed by atoms with E-state index in [1.807, 2.05) is 12.1 Å². The van der Waals surface area contributed by atoms with Gasteiger partial charge in [0.1, 0.15) is 23.3 Å². The number of halogens is 2. The number of nitrogens with one attached hydrogen (secondary N) is 4. The summed E-state index contributed by atoms with van der Waals surface area (Å²) in [4.78, 5) is 18.6. The second-order valence-electron chi connectivity index (χ2n) is 14.1. The van der Waals surface area contributed by atoms with Crippen molar-refractivity contribution in [2.75, 3.05) is 18.0 Å². The second kappa shape index (κ2) is 10.9. The van der Waals surface area contributed by atoms with E-state index in [0.29, 0.717) is 35.0 Å². The molecule has 0 aliphatic carbocycles. The Morgan fingerprint density at radius 3 is 1.60 bits per heavy atom. The average Bonchev–Trinajstić information content (AvgIpc) is 3.85. The van der Waals surface area contributed by atoms with Crippen LogP contribution in [-0.4, -0.2) is 33.0 Å². The molecule has 9 heteroatoms. The molecule has 7 nitrogen and oxygen atoms in total. The predicted molar refractivity (Wildman–Crippen MR) is 174 cm³/mol. The van der Waals surface area contributed by atoms with Gasteiger partial charge in [-0.1, -0.05) is 32.9 Å². The van der Waals surface area contributed by atoms with Gasteiger partial charge in [0, 0.05) is 28.9 Å². The molecule has 4 N–H and O–H groups in total. The van der Waals surface area contributed by atoms with Gasteiger partial charge in [0.05, 0.1) is 46.2 Å². The van der Waals surface area contributed by atoms with Crippen LogP contribution in [0.2, 0.25) is 0 Å². The van der Waals surface area contributed by atoms with Crippen molar-refractivity contribution in [2.45, 2.75) is 88.9 Å². The van der Waals surface area contributed by atoms with Crippen LogP contribution >= 0.6 is 0 Å². The predicted octanol–water partition coefficient (Wildman–Crippen LogP) is 7.95. The second-order valence-corrected chi connectivity index (χ2v) is 14.1. The smallest absolute Gasteiger partial charge is 0.130 e. The van der Waals surface area contributed by atoms with E-state index in [4.69, 9.17) is 9.97 Å². The van der Waals surface area contributed by atoms with Crippen LogP contribution in [0.25, 0.3) is 22.1 Å². The van der Waals surface area contributed by atoms with E-state index in [-0.39, 0.29) is 41.2 Å². The fourth-order valence-corrected chi connectivity index (χ4v) is 7.73. The van der Waals surface area contributed by atoms with Crippen LogP contribution in [-0.2, 0) is 5.41 Å². The monoisotopic (exact) mass is 609 g/mol. The molecule has 8 rings (SSSR count). The average molecular weight is 610 g/mol. The number of benzene rings is 3. The number of aromatic nitrogens is 4. The van der Waals surface area contributed by atoms with Gasteiger partial charge in [-0.05, 0) is 86.9 Å². The molecule has 3 fully saturated rings. The summed E-state index contributed by atoms with van der Waals surface area (Å²) < 4.78 is 32.1. The lowest BCUT2D eigenvalue weighted by Gasteiger charge is -2.34. The van der Waals surface area contributed by atoms with E-state index in [2.05, 4.69) is 70.5 Å². The van der Waals surface area contributed by atoms with Gasteiger partial charge in [0.15, 0.2) is 0 Å². The molecule has 2 aromatic heterocycles. The molecule has 3 saturated heterocycles. The molecule has 45 heavy (non-hydrogen) atoms. The molecule has 0 bridgehead atoms. The van der Waals surface area contributed by atoms with E-state index in [1.54, 1.807) is 12.1 Å². The minimum atomic E-state index is -0.278. The molecule has 4 atom stereocenters. The molecule has 0 spiro atoms. The highest BCUT2D eigenvalue weighted by molar-refractivity contribution is 5.78. The molecular weight excluding hydrogens is 568 g/mol. The lowest BCUT2D eigenvalue weighted by Crippen LogP contribution is -2.27. The van der Waals surface area contributed by atoms with Crippen LogP contribution in [0.5, 0.6) is 0 Å². The maximum atomic E-state index is 16.0. The third-order valence-corrected chi connectivity index (χ3v) is 10.2. The molecule has 3 aromatic carbocycles. The van der Waals surface area contributed by atoms with Gasteiger partial charge < -0.3 is 25.5 Å². The number of fused-ring (bicyclic) bond motifs is 2. The standard InChI is InChI=1S/C36H41F2N7/c1-36(2,3)20-8-10-21(11-9-20)45-32(22-16-28-30(18-24(22)37)43-34(41-28)26-6-4-14-39-26)12-13-33(45)23-17-29-31(19-25(23)38)44-35(42-29)27-7-5-15-40-27/h8-11,16-19,26-27,32-33,39-40H,4-7,12-15H2,1-3H3,(H,41,43)(H,42,44)/t26-,27-,32+,33?/m0/s1. The first-order valence-corrected chi connectivity index (χ1v) is 16.5. The van der Waals surface area contributed by atoms with Crippen molar-refractivity contribution < 1.29 is 8.78 Å². The van der Waals surface area contributed by atoms with E-state index >= 15 is 8.78 Å². The summed E-state index contributed by atoms with van der Waals surface area (Å²) in [6.45, 7) is 8.51.